The van der Waals surface area contributed by atoms with Crippen molar-refractivity contribution in [3.8, 4) is 0 Å². The molecule has 0 aliphatic carbocycles. The van der Waals surface area contributed by atoms with Crippen LogP contribution in [0.2, 0.25) is 0 Å². The van der Waals surface area contributed by atoms with Gasteiger partial charge in [-0.05, 0) is 42.2 Å². The lowest BCUT2D eigenvalue weighted by Gasteiger charge is -2.08. The summed E-state index contributed by atoms with van der Waals surface area (Å²) in [5.41, 5.74) is 4.06. The van der Waals surface area contributed by atoms with Crippen LogP contribution in [0.5, 0.6) is 0 Å². The number of hydrogen-bond acceptors (Lipinski definition) is 1. The third-order valence-corrected chi connectivity index (χ3v) is 2.82. The van der Waals surface area contributed by atoms with E-state index in [0.717, 1.165) is 18.4 Å². The predicted octanol–water partition coefficient (Wildman–Crippen LogP) is 3.75. The van der Waals surface area contributed by atoms with E-state index in [2.05, 4.69) is 37.0 Å². The molecule has 78 valence electrons. The van der Waals surface area contributed by atoms with E-state index in [-0.39, 0.29) is 0 Å². The quantitative estimate of drug-likeness (QED) is 0.733. The summed E-state index contributed by atoms with van der Waals surface area (Å²) in [6.07, 6.45) is 5.34. The second kappa shape index (κ2) is 4.43. The molecular formula is C14H17N. The average Bonchev–Trinajstić information content (AvgIpc) is 2.28. The second-order valence-electron chi connectivity index (χ2n) is 3.92. The molecule has 2 aromatic rings. The van der Waals surface area contributed by atoms with Crippen molar-refractivity contribution in [3.05, 3.63) is 41.6 Å². The van der Waals surface area contributed by atoms with Crippen LogP contribution < -0.4 is 0 Å². The van der Waals surface area contributed by atoms with E-state index in [0.29, 0.717) is 0 Å². The lowest BCUT2D eigenvalue weighted by molar-refractivity contribution is 0.901. The minimum absolute atomic E-state index is 1.11. The molecule has 1 heteroatoms. The summed E-state index contributed by atoms with van der Waals surface area (Å²) >= 11 is 0. The molecule has 1 heterocycles. The molecule has 0 N–H and O–H groups in total. The summed E-state index contributed by atoms with van der Waals surface area (Å²) in [6, 6.07) is 8.67. The van der Waals surface area contributed by atoms with Gasteiger partial charge in [-0.1, -0.05) is 26.3 Å². The standard InChI is InChI=1S/C14H17N/c1-3-6-12-10-14-13(7-5-8-15-14)9-11(12)4-2/h5,7-10H,3-4,6H2,1-2H3. The van der Waals surface area contributed by atoms with E-state index < -0.39 is 0 Å². The molecule has 0 aliphatic heterocycles. The van der Waals surface area contributed by atoms with Gasteiger partial charge in [-0.3, -0.25) is 4.98 Å². The van der Waals surface area contributed by atoms with Crippen LogP contribution in [0.3, 0.4) is 0 Å². The molecule has 15 heavy (non-hydrogen) atoms. The van der Waals surface area contributed by atoms with Gasteiger partial charge >= 0.3 is 0 Å². The van der Waals surface area contributed by atoms with Gasteiger partial charge < -0.3 is 0 Å². The monoisotopic (exact) mass is 199 g/mol. The number of pyridine rings is 1. The number of aryl methyl sites for hydroxylation is 2. The summed E-state index contributed by atoms with van der Waals surface area (Å²) in [5.74, 6) is 0. The zero-order chi connectivity index (χ0) is 10.7. The Morgan fingerprint density at radius 1 is 1.13 bits per heavy atom. The Labute approximate surface area is 91.2 Å². The predicted molar refractivity (Wildman–Crippen MR) is 65.1 cm³/mol. The van der Waals surface area contributed by atoms with Crippen LogP contribution in [-0.2, 0) is 12.8 Å². The van der Waals surface area contributed by atoms with Gasteiger partial charge in [-0.25, -0.2) is 0 Å². The second-order valence-corrected chi connectivity index (χ2v) is 3.92. The Bertz CT molecular complexity index is 460. The Balaban J connectivity index is 2.58. The number of rotatable bonds is 3. The maximum Gasteiger partial charge on any atom is 0.0704 e. The van der Waals surface area contributed by atoms with Crippen molar-refractivity contribution in [2.24, 2.45) is 0 Å². The molecule has 0 unspecified atom stereocenters. The van der Waals surface area contributed by atoms with Crippen LogP contribution in [0.4, 0.5) is 0 Å². The van der Waals surface area contributed by atoms with Gasteiger partial charge in [-0.2, -0.15) is 0 Å². The summed E-state index contributed by atoms with van der Waals surface area (Å²) in [5, 5.41) is 1.26. The van der Waals surface area contributed by atoms with Gasteiger partial charge in [-0.15, -0.1) is 0 Å². The highest BCUT2D eigenvalue weighted by molar-refractivity contribution is 5.80. The normalized spacial score (nSPS) is 10.8. The van der Waals surface area contributed by atoms with E-state index in [9.17, 15) is 0 Å². The van der Waals surface area contributed by atoms with Crippen LogP contribution in [0.25, 0.3) is 10.9 Å². The molecule has 0 amide bonds. The fraction of sp³-hybridized carbons (Fsp3) is 0.357. The average molecular weight is 199 g/mol. The third kappa shape index (κ3) is 2.01. The van der Waals surface area contributed by atoms with E-state index in [1.807, 2.05) is 12.3 Å². The maximum absolute atomic E-state index is 4.40. The number of fused-ring (bicyclic) bond motifs is 1. The van der Waals surface area contributed by atoms with Gasteiger partial charge in [0.2, 0.25) is 0 Å². The van der Waals surface area contributed by atoms with Crippen molar-refractivity contribution in [3.63, 3.8) is 0 Å². The summed E-state index contributed by atoms with van der Waals surface area (Å²) in [6.45, 7) is 4.44. The van der Waals surface area contributed by atoms with Crippen molar-refractivity contribution in [2.75, 3.05) is 0 Å². The zero-order valence-electron chi connectivity index (χ0n) is 9.46. The van der Waals surface area contributed by atoms with Gasteiger partial charge in [0, 0.05) is 11.6 Å². The minimum Gasteiger partial charge on any atom is -0.256 e. The first-order valence-corrected chi connectivity index (χ1v) is 5.71. The maximum atomic E-state index is 4.40. The lowest BCUT2D eigenvalue weighted by Crippen LogP contribution is -1.93. The smallest absolute Gasteiger partial charge is 0.0704 e. The Morgan fingerprint density at radius 3 is 2.73 bits per heavy atom. The van der Waals surface area contributed by atoms with Crippen LogP contribution >= 0.6 is 0 Å². The van der Waals surface area contributed by atoms with Gasteiger partial charge in [0.25, 0.3) is 0 Å². The molecule has 0 fully saturated rings. The first kappa shape index (κ1) is 10.2. The Kier molecular flexibility index (Phi) is 3.00. The molecule has 0 aliphatic rings. The lowest BCUT2D eigenvalue weighted by atomic mass is 9.98. The Morgan fingerprint density at radius 2 is 2.00 bits per heavy atom. The minimum atomic E-state index is 1.11. The van der Waals surface area contributed by atoms with Crippen molar-refractivity contribution < 1.29 is 0 Å². The molecule has 0 saturated heterocycles. The van der Waals surface area contributed by atoms with E-state index in [1.54, 1.807) is 0 Å². The van der Waals surface area contributed by atoms with Crippen LogP contribution in [0, 0.1) is 0 Å². The van der Waals surface area contributed by atoms with Crippen molar-refractivity contribution >= 4 is 10.9 Å². The fourth-order valence-corrected chi connectivity index (χ4v) is 2.04. The number of hydrogen-bond donors (Lipinski definition) is 0. The van der Waals surface area contributed by atoms with E-state index in [4.69, 9.17) is 0 Å². The van der Waals surface area contributed by atoms with Crippen LogP contribution in [0.1, 0.15) is 31.4 Å². The third-order valence-electron chi connectivity index (χ3n) is 2.82. The Hall–Kier alpha value is -1.37. The fourth-order valence-electron chi connectivity index (χ4n) is 2.04. The first-order valence-electron chi connectivity index (χ1n) is 5.71. The largest absolute Gasteiger partial charge is 0.256 e. The van der Waals surface area contributed by atoms with Crippen molar-refractivity contribution in [1.29, 1.82) is 0 Å². The highest BCUT2D eigenvalue weighted by Crippen LogP contribution is 2.20. The molecular weight excluding hydrogens is 182 g/mol. The van der Waals surface area contributed by atoms with Crippen LogP contribution in [0.15, 0.2) is 30.5 Å². The number of nitrogens with zero attached hydrogens (tertiary/aromatic N) is 1. The van der Waals surface area contributed by atoms with Crippen LogP contribution in [-0.4, -0.2) is 4.98 Å². The molecule has 0 atom stereocenters. The molecule has 1 aromatic carbocycles. The molecule has 2 rings (SSSR count). The SMILES string of the molecule is CCCc1cc2ncccc2cc1CC. The summed E-state index contributed by atoms with van der Waals surface area (Å²) < 4.78 is 0. The van der Waals surface area contributed by atoms with E-state index in [1.165, 1.54) is 22.9 Å². The molecule has 1 nitrogen and oxygen atoms in total. The molecule has 1 aromatic heterocycles. The summed E-state index contributed by atoms with van der Waals surface area (Å²) in [7, 11) is 0. The molecule has 0 radical (unpaired) electrons. The van der Waals surface area contributed by atoms with Crippen molar-refractivity contribution in [1.82, 2.24) is 4.98 Å². The van der Waals surface area contributed by atoms with Gasteiger partial charge in [0.1, 0.15) is 0 Å². The van der Waals surface area contributed by atoms with Gasteiger partial charge in [0.05, 0.1) is 5.52 Å². The molecule has 0 spiro atoms. The number of benzene rings is 1. The van der Waals surface area contributed by atoms with Crippen molar-refractivity contribution in [2.45, 2.75) is 33.1 Å². The van der Waals surface area contributed by atoms with E-state index >= 15 is 0 Å². The number of aromatic nitrogens is 1. The zero-order valence-corrected chi connectivity index (χ0v) is 9.46. The highest BCUT2D eigenvalue weighted by Gasteiger charge is 2.03. The van der Waals surface area contributed by atoms with Gasteiger partial charge in [0.15, 0.2) is 0 Å². The first-order chi connectivity index (χ1) is 7.35. The molecule has 0 saturated carbocycles. The summed E-state index contributed by atoms with van der Waals surface area (Å²) in [4.78, 5) is 4.40. The highest BCUT2D eigenvalue weighted by atomic mass is 14.6. The topological polar surface area (TPSA) is 12.9 Å². The molecule has 0 bridgehead atoms.